The molecule has 1 N–H and O–H groups in total. The number of β-amino-alcohol motifs (C(OH)–C–C–N with tert-alkyl or cyclic N) is 1. The third-order valence-electron chi connectivity index (χ3n) is 4.55. The Labute approximate surface area is 140 Å². The molecule has 5 heteroatoms. The fourth-order valence-corrected chi connectivity index (χ4v) is 3.32. The van der Waals surface area contributed by atoms with Crippen molar-refractivity contribution in [3.63, 3.8) is 0 Å². The number of benzene rings is 2. The van der Waals surface area contributed by atoms with Crippen molar-refractivity contribution in [3.8, 4) is 6.07 Å². The molecule has 120 valence electrons. The van der Waals surface area contributed by atoms with Crippen molar-refractivity contribution in [3.05, 3.63) is 59.7 Å². The number of rotatable bonds is 3. The Morgan fingerprint density at radius 1 is 1.17 bits per heavy atom. The first-order chi connectivity index (χ1) is 11.8. The molecule has 1 aromatic heterocycles. The number of aliphatic hydroxyl groups is 1. The van der Waals surface area contributed by atoms with Crippen LogP contribution in [0.5, 0.6) is 0 Å². The summed E-state index contributed by atoms with van der Waals surface area (Å²) in [6.07, 6.45) is 0.461. The zero-order valence-electron chi connectivity index (χ0n) is 13.3. The van der Waals surface area contributed by atoms with Gasteiger partial charge in [-0.25, -0.2) is 4.98 Å². The standard InChI is InChI=1S/C19H18N4O/c20-11-14-5-1-2-6-15(14)12-23-18-8-4-3-7-17(18)21-19(23)22-10-9-16(24)13-22/h1-8,16,24H,9-10,12-13H2/t16-/m1/s1. The van der Waals surface area contributed by atoms with Gasteiger partial charge in [0.25, 0.3) is 0 Å². The number of nitriles is 1. The lowest BCUT2D eigenvalue weighted by atomic mass is 10.1. The first kappa shape index (κ1) is 14.7. The van der Waals surface area contributed by atoms with E-state index >= 15 is 0 Å². The first-order valence-electron chi connectivity index (χ1n) is 8.12. The van der Waals surface area contributed by atoms with E-state index in [1.54, 1.807) is 0 Å². The fraction of sp³-hybridized carbons (Fsp3) is 0.263. The quantitative estimate of drug-likeness (QED) is 0.806. The van der Waals surface area contributed by atoms with Gasteiger partial charge in [-0.2, -0.15) is 5.26 Å². The SMILES string of the molecule is N#Cc1ccccc1Cn1c(N2CC[C@@H](O)C2)nc2ccccc21. The van der Waals surface area contributed by atoms with E-state index in [1.165, 1.54) is 0 Å². The molecule has 0 radical (unpaired) electrons. The van der Waals surface area contributed by atoms with Gasteiger partial charge >= 0.3 is 0 Å². The maximum atomic E-state index is 9.88. The summed E-state index contributed by atoms with van der Waals surface area (Å²) in [5, 5.41) is 19.2. The molecule has 2 heterocycles. The number of fused-ring (bicyclic) bond motifs is 1. The number of imidazole rings is 1. The lowest BCUT2D eigenvalue weighted by Gasteiger charge is -2.19. The number of aromatic nitrogens is 2. The molecule has 5 nitrogen and oxygen atoms in total. The highest BCUT2D eigenvalue weighted by Gasteiger charge is 2.25. The summed E-state index contributed by atoms with van der Waals surface area (Å²) < 4.78 is 2.14. The summed E-state index contributed by atoms with van der Waals surface area (Å²) in [6, 6.07) is 17.9. The summed E-state index contributed by atoms with van der Waals surface area (Å²) in [5.74, 6) is 0.862. The molecule has 0 amide bonds. The van der Waals surface area contributed by atoms with Crippen molar-refractivity contribution in [2.45, 2.75) is 19.1 Å². The molecular formula is C19H18N4O. The molecule has 0 unspecified atom stereocenters. The van der Waals surface area contributed by atoms with Crippen LogP contribution in [0.2, 0.25) is 0 Å². The molecule has 3 aromatic rings. The number of hydrogen-bond donors (Lipinski definition) is 1. The molecule has 0 aliphatic carbocycles. The highest BCUT2D eigenvalue weighted by atomic mass is 16.3. The minimum atomic E-state index is -0.301. The lowest BCUT2D eigenvalue weighted by molar-refractivity contribution is 0.198. The van der Waals surface area contributed by atoms with Crippen molar-refractivity contribution < 1.29 is 5.11 Å². The molecule has 1 aliphatic rings. The molecule has 4 rings (SSSR count). The third kappa shape index (κ3) is 2.51. The smallest absolute Gasteiger partial charge is 0.206 e. The number of aliphatic hydroxyl groups excluding tert-OH is 1. The van der Waals surface area contributed by atoms with Gasteiger partial charge in [-0.15, -0.1) is 0 Å². The van der Waals surface area contributed by atoms with E-state index in [9.17, 15) is 10.4 Å². The number of para-hydroxylation sites is 2. The summed E-state index contributed by atoms with van der Waals surface area (Å²) in [6.45, 7) is 1.99. The maximum Gasteiger partial charge on any atom is 0.206 e. The van der Waals surface area contributed by atoms with Gasteiger partial charge in [0.05, 0.1) is 35.3 Å². The fourth-order valence-electron chi connectivity index (χ4n) is 3.32. The van der Waals surface area contributed by atoms with Crippen LogP contribution in [-0.2, 0) is 6.54 Å². The number of nitrogens with zero attached hydrogens (tertiary/aromatic N) is 4. The summed E-state index contributed by atoms with van der Waals surface area (Å²) in [5.41, 5.74) is 3.64. The zero-order chi connectivity index (χ0) is 16.5. The Hall–Kier alpha value is -2.84. The molecule has 1 atom stereocenters. The van der Waals surface area contributed by atoms with E-state index in [0.717, 1.165) is 35.5 Å². The number of hydrogen-bond acceptors (Lipinski definition) is 4. The van der Waals surface area contributed by atoms with Gasteiger partial charge in [0.15, 0.2) is 0 Å². The average molecular weight is 318 g/mol. The molecule has 1 aliphatic heterocycles. The predicted octanol–water partition coefficient (Wildman–Crippen LogP) is 2.53. The van der Waals surface area contributed by atoms with Crippen molar-refractivity contribution in [2.75, 3.05) is 18.0 Å². The summed E-state index contributed by atoms with van der Waals surface area (Å²) in [4.78, 5) is 6.90. The van der Waals surface area contributed by atoms with Crippen LogP contribution in [-0.4, -0.2) is 33.9 Å². The van der Waals surface area contributed by atoms with Gasteiger partial charge in [-0.1, -0.05) is 30.3 Å². The Morgan fingerprint density at radius 2 is 1.96 bits per heavy atom. The van der Waals surface area contributed by atoms with Crippen LogP contribution in [0.1, 0.15) is 17.5 Å². The predicted molar refractivity (Wildman–Crippen MR) is 92.8 cm³/mol. The van der Waals surface area contributed by atoms with Crippen LogP contribution in [0.15, 0.2) is 48.5 Å². The van der Waals surface area contributed by atoms with Gasteiger partial charge in [0, 0.05) is 13.1 Å². The molecule has 1 saturated heterocycles. The molecular weight excluding hydrogens is 300 g/mol. The van der Waals surface area contributed by atoms with Crippen molar-refractivity contribution >= 4 is 17.0 Å². The van der Waals surface area contributed by atoms with Crippen LogP contribution in [0.4, 0.5) is 5.95 Å². The molecule has 0 spiro atoms. The van der Waals surface area contributed by atoms with Gasteiger partial charge in [-0.3, -0.25) is 0 Å². The van der Waals surface area contributed by atoms with Crippen molar-refractivity contribution in [1.82, 2.24) is 9.55 Å². The van der Waals surface area contributed by atoms with Gasteiger partial charge < -0.3 is 14.6 Å². The van der Waals surface area contributed by atoms with E-state index in [4.69, 9.17) is 4.98 Å². The van der Waals surface area contributed by atoms with Crippen molar-refractivity contribution in [2.24, 2.45) is 0 Å². The minimum absolute atomic E-state index is 0.301. The van der Waals surface area contributed by atoms with Crippen LogP contribution in [0.25, 0.3) is 11.0 Å². The van der Waals surface area contributed by atoms with Gasteiger partial charge in [0.2, 0.25) is 5.95 Å². The molecule has 0 bridgehead atoms. The Balaban J connectivity index is 1.82. The Bertz CT molecular complexity index is 925. The molecule has 0 saturated carbocycles. The summed E-state index contributed by atoms with van der Waals surface area (Å²) in [7, 11) is 0. The second-order valence-electron chi connectivity index (χ2n) is 6.14. The maximum absolute atomic E-state index is 9.88. The molecule has 24 heavy (non-hydrogen) atoms. The van der Waals surface area contributed by atoms with Gasteiger partial charge in [0.1, 0.15) is 0 Å². The molecule has 2 aromatic carbocycles. The van der Waals surface area contributed by atoms with E-state index in [-0.39, 0.29) is 6.10 Å². The van der Waals surface area contributed by atoms with Crippen LogP contribution >= 0.6 is 0 Å². The van der Waals surface area contributed by atoms with E-state index in [0.29, 0.717) is 18.7 Å². The Kier molecular flexibility index (Phi) is 3.68. The van der Waals surface area contributed by atoms with Crippen LogP contribution in [0.3, 0.4) is 0 Å². The minimum Gasteiger partial charge on any atom is -0.391 e. The van der Waals surface area contributed by atoms with E-state index in [1.807, 2.05) is 48.5 Å². The second-order valence-corrected chi connectivity index (χ2v) is 6.14. The van der Waals surface area contributed by atoms with Crippen LogP contribution < -0.4 is 4.90 Å². The number of anilines is 1. The highest BCUT2D eigenvalue weighted by Crippen LogP contribution is 2.27. The average Bonchev–Trinajstić information content (AvgIpc) is 3.19. The zero-order valence-corrected chi connectivity index (χ0v) is 13.3. The first-order valence-corrected chi connectivity index (χ1v) is 8.12. The summed E-state index contributed by atoms with van der Waals surface area (Å²) >= 11 is 0. The third-order valence-corrected chi connectivity index (χ3v) is 4.55. The second kappa shape index (κ2) is 5.99. The largest absolute Gasteiger partial charge is 0.391 e. The van der Waals surface area contributed by atoms with E-state index < -0.39 is 0 Å². The topological polar surface area (TPSA) is 65.1 Å². The van der Waals surface area contributed by atoms with Crippen molar-refractivity contribution in [1.29, 1.82) is 5.26 Å². The normalized spacial score (nSPS) is 17.3. The molecule has 1 fully saturated rings. The lowest BCUT2D eigenvalue weighted by Crippen LogP contribution is -2.25. The highest BCUT2D eigenvalue weighted by molar-refractivity contribution is 5.79. The Morgan fingerprint density at radius 3 is 2.75 bits per heavy atom. The van der Waals surface area contributed by atoms with Crippen LogP contribution in [0, 0.1) is 11.3 Å². The van der Waals surface area contributed by atoms with Gasteiger partial charge in [-0.05, 0) is 30.2 Å². The monoisotopic (exact) mass is 318 g/mol. The van der Waals surface area contributed by atoms with E-state index in [2.05, 4.69) is 15.5 Å².